The number of hydrogen-bond donors (Lipinski definition) is 3. The van der Waals surface area contributed by atoms with Crippen molar-refractivity contribution >= 4 is 11.6 Å². The van der Waals surface area contributed by atoms with Crippen LogP contribution in [0.3, 0.4) is 0 Å². The molecule has 1 atom stereocenters. The fourth-order valence-electron chi connectivity index (χ4n) is 2.07. The van der Waals surface area contributed by atoms with Crippen molar-refractivity contribution in [3.8, 4) is 0 Å². The van der Waals surface area contributed by atoms with Crippen LogP contribution >= 0.6 is 0 Å². The summed E-state index contributed by atoms with van der Waals surface area (Å²) < 4.78 is 5.19. The minimum absolute atomic E-state index is 0.0875. The van der Waals surface area contributed by atoms with E-state index >= 15 is 0 Å². The van der Waals surface area contributed by atoms with Gasteiger partial charge in [-0.15, -0.1) is 0 Å². The van der Waals surface area contributed by atoms with E-state index in [9.17, 15) is 4.79 Å². The molecule has 7 heteroatoms. The van der Waals surface area contributed by atoms with Crippen molar-refractivity contribution in [2.24, 2.45) is 0 Å². The van der Waals surface area contributed by atoms with Gasteiger partial charge in [0.05, 0.1) is 13.2 Å². The second-order valence-corrected chi connectivity index (χ2v) is 5.70. The van der Waals surface area contributed by atoms with Crippen LogP contribution in [0.25, 0.3) is 0 Å². The molecule has 1 aromatic heterocycles. The molecule has 1 unspecified atom stereocenters. The number of anilines is 1. The maximum Gasteiger partial charge on any atom is 0.251 e. The van der Waals surface area contributed by atoms with Gasteiger partial charge in [-0.3, -0.25) is 4.79 Å². The molecule has 0 aliphatic carbocycles. The van der Waals surface area contributed by atoms with Gasteiger partial charge in [0.15, 0.2) is 5.82 Å². The summed E-state index contributed by atoms with van der Waals surface area (Å²) in [6.45, 7) is 4.21. The summed E-state index contributed by atoms with van der Waals surface area (Å²) >= 11 is 0. The number of benzene rings is 1. The monoisotopic (exact) mass is 332 g/mol. The number of amides is 1. The van der Waals surface area contributed by atoms with Gasteiger partial charge in [-0.2, -0.15) is 4.98 Å². The standard InChI is InChI=1S/C17H24N4O3/c1-3-4-5-15-20-16(24-21-15)10-18-14-8-6-13(7-9-14)17(23)19-12(2)11-22/h6-9,12,18,22H,3-5,10-11H2,1-2H3,(H,19,23). The van der Waals surface area contributed by atoms with Crippen LogP contribution in [0.5, 0.6) is 0 Å². The van der Waals surface area contributed by atoms with Gasteiger partial charge in [0.1, 0.15) is 0 Å². The highest BCUT2D eigenvalue weighted by Crippen LogP contribution is 2.11. The summed E-state index contributed by atoms with van der Waals surface area (Å²) in [6.07, 6.45) is 2.97. The molecule has 0 saturated carbocycles. The maximum atomic E-state index is 11.9. The molecule has 0 fully saturated rings. The Kier molecular flexibility index (Phi) is 6.74. The third kappa shape index (κ3) is 5.34. The second-order valence-electron chi connectivity index (χ2n) is 5.70. The molecule has 0 spiro atoms. The van der Waals surface area contributed by atoms with Crippen LogP contribution in [-0.2, 0) is 13.0 Å². The van der Waals surface area contributed by atoms with Crippen LogP contribution < -0.4 is 10.6 Å². The molecule has 130 valence electrons. The molecule has 2 rings (SSSR count). The lowest BCUT2D eigenvalue weighted by molar-refractivity contribution is 0.0922. The van der Waals surface area contributed by atoms with Crippen molar-refractivity contribution < 1.29 is 14.4 Å². The number of carbonyl (C=O) groups is 1. The molecule has 3 N–H and O–H groups in total. The quantitative estimate of drug-likeness (QED) is 0.650. The van der Waals surface area contributed by atoms with E-state index in [2.05, 4.69) is 27.7 Å². The van der Waals surface area contributed by atoms with E-state index in [-0.39, 0.29) is 18.6 Å². The first-order chi connectivity index (χ1) is 11.6. The topological polar surface area (TPSA) is 100 Å². The number of rotatable bonds is 9. The summed E-state index contributed by atoms with van der Waals surface area (Å²) in [7, 11) is 0. The molecular weight excluding hydrogens is 308 g/mol. The van der Waals surface area contributed by atoms with Gasteiger partial charge in [-0.25, -0.2) is 0 Å². The predicted octanol–water partition coefficient (Wildman–Crippen LogP) is 2.13. The summed E-state index contributed by atoms with van der Waals surface area (Å²) in [6, 6.07) is 6.80. The Morgan fingerprint density at radius 1 is 1.33 bits per heavy atom. The Labute approximate surface area is 141 Å². The van der Waals surface area contributed by atoms with E-state index in [1.54, 1.807) is 19.1 Å². The maximum absolute atomic E-state index is 11.9. The minimum atomic E-state index is -0.269. The molecule has 1 heterocycles. The largest absolute Gasteiger partial charge is 0.394 e. The molecule has 24 heavy (non-hydrogen) atoms. The highest BCUT2D eigenvalue weighted by atomic mass is 16.5. The Hall–Kier alpha value is -2.41. The predicted molar refractivity (Wildman–Crippen MR) is 90.7 cm³/mol. The number of nitrogens with zero attached hydrogens (tertiary/aromatic N) is 2. The summed E-state index contributed by atoms with van der Waals surface area (Å²) in [4.78, 5) is 16.2. The molecule has 1 aromatic carbocycles. The van der Waals surface area contributed by atoms with Crippen molar-refractivity contribution in [2.45, 2.75) is 45.7 Å². The Balaban J connectivity index is 1.85. The first-order valence-corrected chi connectivity index (χ1v) is 8.19. The van der Waals surface area contributed by atoms with E-state index in [1.165, 1.54) is 0 Å². The summed E-state index contributed by atoms with van der Waals surface area (Å²) in [5.74, 6) is 1.07. The number of aliphatic hydroxyl groups is 1. The van der Waals surface area contributed by atoms with Crippen LogP contribution in [0.2, 0.25) is 0 Å². The molecule has 0 aliphatic heterocycles. The first kappa shape index (κ1) is 17.9. The van der Waals surface area contributed by atoms with Crippen LogP contribution in [0.15, 0.2) is 28.8 Å². The zero-order valence-corrected chi connectivity index (χ0v) is 14.1. The van der Waals surface area contributed by atoms with Gasteiger partial charge in [0, 0.05) is 23.7 Å². The zero-order valence-electron chi connectivity index (χ0n) is 14.1. The smallest absolute Gasteiger partial charge is 0.251 e. The van der Waals surface area contributed by atoms with Gasteiger partial charge < -0.3 is 20.3 Å². The molecule has 0 aliphatic rings. The number of unbranched alkanes of at least 4 members (excludes halogenated alkanes) is 1. The lowest BCUT2D eigenvalue weighted by Gasteiger charge is -2.11. The molecule has 7 nitrogen and oxygen atoms in total. The molecule has 1 amide bonds. The fourth-order valence-corrected chi connectivity index (χ4v) is 2.07. The van der Waals surface area contributed by atoms with Crippen LogP contribution in [-0.4, -0.2) is 33.8 Å². The average molecular weight is 332 g/mol. The lowest BCUT2D eigenvalue weighted by atomic mass is 10.2. The zero-order chi connectivity index (χ0) is 17.4. The van der Waals surface area contributed by atoms with Gasteiger partial charge >= 0.3 is 0 Å². The van der Waals surface area contributed by atoms with E-state index in [4.69, 9.17) is 9.63 Å². The lowest BCUT2D eigenvalue weighted by Crippen LogP contribution is -2.34. The van der Waals surface area contributed by atoms with E-state index < -0.39 is 0 Å². The molecular formula is C17H24N4O3. The highest BCUT2D eigenvalue weighted by molar-refractivity contribution is 5.94. The van der Waals surface area contributed by atoms with Gasteiger partial charge in [-0.05, 0) is 37.6 Å². The number of aliphatic hydroxyl groups excluding tert-OH is 1. The summed E-state index contributed by atoms with van der Waals surface area (Å²) in [5.41, 5.74) is 1.40. The Morgan fingerprint density at radius 2 is 2.08 bits per heavy atom. The van der Waals surface area contributed by atoms with Crippen LogP contribution in [0.4, 0.5) is 5.69 Å². The number of nitrogens with one attached hydrogen (secondary N) is 2. The third-order valence-electron chi connectivity index (χ3n) is 3.51. The van der Waals surface area contributed by atoms with E-state index in [1.807, 2.05) is 12.1 Å². The molecule has 0 saturated heterocycles. The highest BCUT2D eigenvalue weighted by Gasteiger charge is 2.09. The fraction of sp³-hybridized carbons (Fsp3) is 0.471. The van der Waals surface area contributed by atoms with Crippen molar-refractivity contribution in [3.63, 3.8) is 0 Å². The van der Waals surface area contributed by atoms with E-state index in [0.29, 0.717) is 18.0 Å². The van der Waals surface area contributed by atoms with E-state index in [0.717, 1.165) is 30.8 Å². The SMILES string of the molecule is CCCCc1noc(CNc2ccc(C(=O)NC(C)CO)cc2)n1. The van der Waals surface area contributed by atoms with Crippen LogP contribution in [0.1, 0.15) is 48.8 Å². The number of aromatic nitrogens is 2. The van der Waals surface area contributed by atoms with Gasteiger partial charge in [0.25, 0.3) is 5.91 Å². The van der Waals surface area contributed by atoms with Crippen molar-refractivity contribution in [2.75, 3.05) is 11.9 Å². The third-order valence-corrected chi connectivity index (χ3v) is 3.51. The van der Waals surface area contributed by atoms with Gasteiger partial charge in [0.2, 0.25) is 5.89 Å². The van der Waals surface area contributed by atoms with Crippen molar-refractivity contribution in [3.05, 3.63) is 41.5 Å². The molecule has 0 radical (unpaired) electrons. The number of hydrogen-bond acceptors (Lipinski definition) is 6. The van der Waals surface area contributed by atoms with Gasteiger partial charge in [-0.1, -0.05) is 18.5 Å². The number of carbonyl (C=O) groups excluding carboxylic acids is 1. The molecule has 0 bridgehead atoms. The Morgan fingerprint density at radius 3 is 2.75 bits per heavy atom. The Bertz CT molecular complexity index is 640. The van der Waals surface area contributed by atoms with Crippen molar-refractivity contribution in [1.29, 1.82) is 0 Å². The second kappa shape index (κ2) is 9.02. The normalized spacial score (nSPS) is 12.0. The number of aryl methyl sites for hydroxylation is 1. The molecule has 2 aromatic rings. The van der Waals surface area contributed by atoms with Crippen molar-refractivity contribution in [1.82, 2.24) is 15.5 Å². The average Bonchev–Trinajstić information content (AvgIpc) is 3.06. The minimum Gasteiger partial charge on any atom is -0.394 e. The van der Waals surface area contributed by atoms with Crippen LogP contribution in [0, 0.1) is 0 Å². The summed E-state index contributed by atoms with van der Waals surface area (Å²) in [5, 5.41) is 18.8. The first-order valence-electron chi connectivity index (χ1n) is 8.19.